The Kier molecular flexibility index (Phi) is 4.73. The summed E-state index contributed by atoms with van der Waals surface area (Å²) >= 11 is 0. The lowest BCUT2D eigenvalue weighted by Crippen LogP contribution is -2.26. The fourth-order valence-corrected chi connectivity index (χ4v) is 9.16. The molecule has 0 atom stereocenters. The fourth-order valence-electron chi connectivity index (χ4n) is 9.16. The van der Waals surface area contributed by atoms with Gasteiger partial charge in [0.25, 0.3) is 0 Å². The lowest BCUT2D eigenvalue weighted by molar-refractivity contribution is 0.794. The van der Waals surface area contributed by atoms with Crippen molar-refractivity contribution in [3.63, 3.8) is 0 Å². The molecular weight excluding hydrogens is 603 g/mol. The first-order chi connectivity index (χ1) is 26.9. The van der Waals surface area contributed by atoms with Crippen LogP contribution >= 0.6 is 0 Å². The van der Waals surface area contributed by atoms with E-state index in [0.717, 1.165) is 65.9 Å². The van der Waals surface area contributed by atoms with Crippen LogP contribution in [0.2, 0.25) is 0 Å². The molecule has 0 heterocycles. The lowest BCUT2D eigenvalue weighted by atomic mass is 9.70. The summed E-state index contributed by atoms with van der Waals surface area (Å²) in [5, 5.41) is 6.28. The van der Waals surface area contributed by atoms with Crippen molar-refractivity contribution in [1.82, 2.24) is 0 Å². The Balaban J connectivity index is 1.33. The first-order valence-electron chi connectivity index (χ1n) is 19.5. The van der Waals surface area contributed by atoms with Crippen LogP contribution in [0.3, 0.4) is 0 Å². The zero-order valence-electron chi connectivity index (χ0n) is 32.0. The van der Waals surface area contributed by atoms with Crippen molar-refractivity contribution in [2.45, 2.75) is 5.41 Å². The summed E-state index contributed by atoms with van der Waals surface area (Å²) in [5.41, 5.74) is 10.0. The van der Waals surface area contributed by atoms with E-state index in [1.54, 1.807) is 0 Å². The highest BCUT2D eigenvalue weighted by Crippen LogP contribution is 2.64. The van der Waals surface area contributed by atoms with E-state index >= 15 is 0 Å². The number of anilines is 3. The van der Waals surface area contributed by atoms with Gasteiger partial charge in [0.05, 0.1) is 23.6 Å². The Labute approximate surface area is 298 Å². The van der Waals surface area contributed by atoms with E-state index in [-0.39, 0.29) is 29.9 Å². The van der Waals surface area contributed by atoms with E-state index in [9.17, 15) is 2.74 Å². The van der Waals surface area contributed by atoms with E-state index in [1.807, 2.05) is 41.3 Å². The largest absolute Gasteiger partial charge is 0.309 e. The molecule has 0 radical (unpaired) electrons. The Morgan fingerprint density at radius 3 is 1.46 bits per heavy atom. The van der Waals surface area contributed by atoms with Gasteiger partial charge in [-0.05, 0) is 90.1 Å². The van der Waals surface area contributed by atoms with Crippen LogP contribution < -0.4 is 4.90 Å². The van der Waals surface area contributed by atoms with Crippen LogP contribution in [-0.2, 0) is 5.41 Å². The third-order valence-electron chi connectivity index (χ3n) is 10.9. The molecule has 0 saturated carbocycles. The third-order valence-corrected chi connectivity index (χ3v) is 10.9. The topological polar surface area (TPSA) is 3.24 Å². The molecule has 9 aromatic rings. The van der Waals surface area contributed by atoms with Gasteiger partial charge in [0, 0.05) is 16.6 Å². The summed E-state index contributed by atoms with van der Waals surface area (Å²) in [7, 11) is 0. The first kappa shape index (κ1) is 23.0. The van der Waals surface area contributed by atoms with Gasteiger partial charge < -0.3 is 4.90 Å². The van der Waals surface area contributed by atoms with E-state index in [4.69, 9.17) is 4.11 Å². The number of hydrogen-bond acceptors (Lipinski definition) is 1. The molecule has 232 valence electrons. The SMILES string of the molecule is [2H]c1c([2H])c([2H])c(N(c2cccc3c2-c2ccccc2C32c3ccccc3-c3ccccc32)c2cccc3c4ccccc4c4ccccc4c23)c([2H])c1[2H]. The maximum Gasteiger partial charge on any atom is 0.0726 e. The van der Waals surface area contributed by atoms with Crippen molar-refractivity contribution in [3.8, 4) is 22.3 Å². The van der Waals surface area contributed by atoms with Crippen molar-refractivity contribution < 1.29 is 6.85 Å². The maximum atomic E-state index is 9.45. The number of benzene rings is 9. The Bertz CT molecular complexity index is 3010. The van der Waals surface area contributed by atoms with Gasteiger partial charge in [-0.3, -0.25) is 0 Å². The second-order valence-electron chi connectivity index (χ2n) is 13.2. The summed E-state index contributed by atoms with van der Waals surface area (Å²) in [6.07, 6.45) is 0. The van der Waals surface area contributed by atoms with Crippen LogP contribution in [0.25, 0.3) is 54.6 Å². The molecule has 50 heavy (non-hydrogen) atoms. The lowest BCUT2D eigenvalue weighted by Gasteiger charge is -2.32. The van der Waals surface area contributed by atoms with E-state index in [2.05, 4.69) is 121 Å². The molecule has 1 heteroatoms. The van der Waals surface area contributed by atoms with Gasteiger partial charge in [0.15, 0.2) is 0 Å². The summed E-state index contributed by atoms with van der Waals surface area (Å²) in [5.74, 6) is 0. The molecule has 0 amide bonds. The van der Waals surface area contributed by atoms with Gasteiger partial charge in [0.1, 0.15) is 0 Å². The molecule has 0 N–H and O–H groups in total. The molecule has 11 rings (SSSR count). The molecule has 1 nitrogen and oxygen atoms in total. The van der Waals surface area contributed by atoms with Crippen molar-refractivity contribution in [1.29, 1.82) is 0 Å². The van der Waals surface area contributed by atoms with E-state index < -0.39 is 11.5 Å². The average molecular weight is 639 g/mol. The smallest absolute Gasteiger partial charge is 0.0726 e. The van der Waals surface area contributed by atoms with Gasteiger partial charge >= 0.3 is 0 Å². The summed E-state index contributed by atoms with van der Waals surface area (Å²) < 4.78 is 45.2. The van der Waals surface area contributed by atoms with Crippen molar-refractivity contribution in [2.24, 2.45) is 0 Å². The standard InChI is InChI=1S/C49H31N/c1-2-16-32(17-3-1)50(45-30-14-25-39-35-19-5-4-18-33(35)34-20-6-7-23-38(34)47(39)45)46-31-15-29-44-48(46)40-24-10-13-28-43(40)49(44)41-26-11-8-21-36(41)37-22-9-12-27-42(37)49/h1-31H/i1D,2D,3D,16D,17D. The van der Waals surface area contributed by atoms with Gasteiger partial charge in [0.2, 0.25) is 0 Å². The zero-order chi connectivity index (χ0) is 37.2. The van der Waals surface area contributed by atoms with E-state index in [1.165, 1.54) is 22.3 Å². The third kappa shape index (κ3) is 3.46. The van der Waals surface area contributed by atoms with Gasteiger partial charge in [-0.2, -0.15) is 0 Å². The van der Waals surface area contributed by atoms with Crippen molar-refractivity contribution in [2.75, 3.05) is 4.90 Å². The summed E-state index contributed by atoms with van der Waals surface area (Å²) in [6, 6.07) is 53.4. The van der Waals surface area contributed by atoms with Crippen molar-refractivity contribution >= 4 is 49.4 Å². The van der Waals surface area contributed by atoms with Crippen LogP contribution in [-0.4, -0.2) is 0 Å². The Morgan fingerprint density at radius 1 is 0.380 bits per heavy atom. The fraction of sp³-hybridized carbons (Fsp3) is 0.0204. The normalized spacial score (nSPS) is 14.8. The minimum Gasteiger partial charge on any atom is -0.309 e. The molecule has 9 aromatic carbocycles. The highest BCUT2D eigenvalue weighted by Gasteiger charge is 2.52. The molecule has 0 aromatic heterocycles. The second kappa shape index (κ2) is 10.3. The molecule has 1 spiro atoms. The molecule has 0 saturated heterocycles. The summed E-state index contributed by atoms with van der Waals surface area (Å²) in [4.78, 5) is 1.95. The molecular formula is C49H31N. The zero-order valence-corrected chi connectivity index (χ0v) is 27.0. The van der Waals surface area contributed by atoms with E-state index in [0.29, 0.717) is 0 Å². The Hall–Kier alpha value is -6.44. The second-order valence-corrected chi connectivity index (χ2v) is 13.2. The number of nitrogens with zero attached hydrogens (tertiary/aromatic N) is 1. The van der Waals surface area contributed by atoms with Crippen molar-refractivity contribution in [3.05, 3.63) is 210 Å². The average Bonchev–Trinajstić information content (AvgIpc) is 3.71. The van der Waals surface area contributed by atoms with Crippen LogP contribution in [0.1, 0.15) is 29.1 Å². The minimum absolute atomic E-state index is 0.106. The maximum absolute atomic E-state index is 9.45. The number of fused-ring (bicyclic) bond motifs is 16. The molecule has 2 aliphatic rings. The quantitative estimate of drug-likeness (QED) is 0.174. The van der Waals surface area contributed by atoms with Gasteiger partial charge in [-0.25, -0.2) is 0 Å². The molecule has 0 unspecified atom stereocenters. The Morgan fingerprint density at radius 2 is 0.820 bits per heavy atom. The molecule has 2 aliphatic carbocycles. The number of rotatable bonds is 3. The molecule has 0 bridgehead atoms. The number of para-hydroxylation sites is 1. The molecule has 0 aliphatic heterocycles. The predicted molar refractivity (Wildman–Crippen MR) is 210 cm³/mol. The highest BCUT2D eigenvalue weighted by molar-refractivity contribution is 6.29. The van der Waals surface area contributed by atoms with Crippen LogP contribution in [0, 0.1) is 0 Å². The van der Waals surface area contributed by atoms with Gasteiger partial charge in [-0.1, -0.05) is 164 Å². The monoisotopic (exact) mass is 638 g/mol. The summed E-state index contributed by atoms with van der Waals surface area (Å²) in [6.45, 7) is 0. The first-order valence-corrected chi connectivity index (χ1v) is 17.0. The van der Waals surface area contributed by atoms with Gasteiger partial charge in [-0.15, -0.1) is 0 Å². The van der Waals surface area contributed by atoms with Crippen LogP contribution in [0.4, 0.5) is 17.1 Å². The van der Waals surface area contributed by atoms with Crippen LogP contribution in [0.5, 0.6) is 0 Å². The number of hydrogen-bond donors (Lipinski definition) is 0. The minimum atomic E-state index is -0.623. The molecule has 0 fully saturated rings. The highest BCUT2D eigenvalue weighted by atomic mass is 15.1. The predicted octanol–water partition coefficient (Wildman–Crippen LogP) is 13.0. The van der Waals surface area contributed by atoms with Crippen LogP contribution in [0.15, 0.2) is 188 Å².